The van der Waals surface area contributed by atoms with Crippen LogP contribution in [-0.2, 0) is 0 Å². The average Bonchev–Trinajstić information content (AvgIpc) is 2.74. The van der Waals surface area contributed by atoms with Gasteiger partial charge in [0.25, 0.3) is 0 Å². The van der Waals surface area contributed by atoms with Gasteiger partial charge in [0, 0.05) is 0 Å². The fourth-order valence-corrected chi connectivity index (χ4v) is 1.77. The Hall–Kier alpha value is -3.38. The Kier molecular flexibility index (Phi) is 21.8. The summed E-state index contributed by atoms with van der Waals surface area (Å²) in [5.41, 5.74) is 0. The van der Waals surface area contributed by atoms with E-state index in [9.17, 15) is 0 Å². The second-order valence-electron chi connectivity index (χ2n) is 5.69. The van der Waals surface area contributed by atoms with Gasteiger partial charge in [-0.25, -0.2) is 0 Å². The molecule has 0 aromatic rings. The van der Waals surface area contributed by atoms with Crippen molar-refractivity contribution in [1.82, 2.24) is 0 Å². The molecule has 0 bridgehead atoms. The third-order valence-electron chi connectivity index (χ3n) is 3.17. The van der Waals surface area contributed by atoms with Gasteiger partial charge in [0.05, 0.1) is 0 Å². The summed E-state index contributed by atoms with van der Waals surface area (Å²) in [6, 6.07) is 0. The van der Waals surface area contributed by atoms with Gasteiger partial charge in [0.1, 0.15) is 0 Å². The molecular formula is C29H34. The first-order chi connectivity index (χ1) is 14.4. The van der Waals surface area contributed by atoms with E-state index in [1.807, 2.05) is 134 Å². The predicted molar refractivity (Wildman–Crippen MR) is 135 cm³/mol. The van der Waals surface area contributed by atoms with Crippen LogP contribution in [0.5, 0.6) is 0 Å². The Labute approximate surface area is 178 Å². The molecule has 0 spiro atoms. The van der Waals surface area contributed by atoms with Crippen molar-refractivity contribution >= 4 is 0 Å². The summed E-state index contributed by atoms with van der Waals surface area (Å²) in [6.07, 6.45) is 52.2. The fraction of sp³-hybridized carbons (Fsp3) is 0.103. The largest absolute Gasteiger partial charge is 0.0991 e. The first-order valence-electron chi connectivity index (χ1n) is 10.0. The molecule has 0 saturated carbocycles. The molecular weight excluding hydrogens is 348 g/mol. The lowest BCUT2D eigenvalue weighted by Gasteiger charge is -1.79. The van der Waals surface area contributed by atoms with E-state index in [1.165, 1.54) is 6.42 Å². The third-order valence-corrected chi connectivity index (χ3v) is 3.17. The molecule has 0 aromatic carbocycles. The monoisotopic (exact) mass is 382 g/mol. The van der Waals surface area contributed by atoms with Crippen LogP contribution in [0.25, 0.3) is 0 Å². The molecule has 150 valence electrons. The van der Waals surface area contributed by atoms with E-state index in [0.29, 0.717) is 0 Å². The van der Waals surface area contributed by atoms with E-state index < -0.39 is 0 Å². The Morgan fingerprint density at radius 1 is 0.379 bits per heavy atom. The molecule has 0 heterocycles. The molecule has 29 heavy (non-hydrogen) atoms. The van der Waals surface area contributed by atoms with Gasteiger partial charge in [-0.05, 0) is 6.42 Å². The maximum atomic E-state index is 3.61. The highest BCUT2D eigenvalue weighted by Crippen LogP contribution is 1.90. The van der Waals surface area contributed by atoms with Crippen LogP contribution in [0.3, 0.4) is 0 Å². The molecule has 0 aromatic heterocycles. The summed E-state index contributed by atoms with van der Waals surface area (Å²) in [4.78, 5) is 0. The van der Waals surface area contributed by atoms with Crippen LogP contribution in [0.2, 0.25) is 0 Å². The molecule has 0 fully saturated rings. The second kappa shape index (κ2) is 24.6. The van der Waals surface area contributed by atoms with Crippen molar-refractivity contribution < 1.29 is 0 Å². The van der Waals surface area contributed by atoms with Crippen LogP contribution in [0.1, 0.15) is 19.8 Å². The average molecular weight is 383 g/mol. The van der Waals surface area contributed by atoms with Crippen LogP contribution >= 0.6 is 0 Å². The van der Waals surface area contributed by atoms with Crippen molar-refractivity contribution in [2.45, 2.75) is 19.8 Å². The molecule has 0 rings (SSSR count). The molecule has 0 N–H and O–H groups in total. The van der Waals surface area contributed by atoms with Crippen LogP contribution in [0.15, 0.2) is 158 Å². The highest BCUT2D eigenvalue weighted by Gasteiger charge is 1.69. The van der Waals surface area contributed by atoms with Gasteiger partial charge in [-0.1, -0.05) is 172 Å². The molecule has 0 nitrogen and oxygen atoms in total. The maximum Gasteiger partial charge on any atom is -0.0350 e. The van der Waals surface area contributed by atoms with Gasteiger partial charge < -0.3 is 0 Å². The van der Waals surface area contributed by atoms with Gasteiger partial charge in [-0.3, -0.25) is 0 Å². The van der Waals surface area contributed by atoms with E-state index in [1.54, 1.807) is 6.08 Å². The SMILES string of the molecule is C=CC=CC=CC=CC=CC=CC=CC=CC=CC=CC=CC=CC=CCCC. The summed E-state index contributed by atoms with van der Waals surface area (Å²) in [6.45, 7) is 5.79. The zero-order chi connectivity index (χ0) is 21.1. The van der Waals surface area contributed by atoms with E-state index in [2.05, 4.69) is 25.7 Å². The number of allylic oxidation sites excluding steroid dienone is 25. The van der Waals surface area contributed by atoms with Crippen molar-refractivity contribution in [2.75, 3.05) is 0 Å². The van der Waals surface area contributed by atoms with E-state index in [-0.39, 0.29) is 0 Å². The standard InChI is InChI=1S/C29H34/c1-3-5-7-9-11-13-15-17-19-21-23-25-27-29-28-26-24-22-20-18-16-14-12-10-8-6-4-2/h3,5,7-29H,1,4,6H2,2H3. The Morgan fingerprint density at radius 2 is 0.621 bits per heavy atom. The maximum absolute atomic E-state index is 3.61. The summed E-state index contributed by atoms with van der Waals surface area (Å²) in [5, 5.41) is 0. The molecule has 0 aliphatic carbocycles. The number of unbranched alkanes of at least 4 members (excludes halogenated alkanes) is 1. The van der Waals surface area contributed by atoms with Gasteiger partial charge in [0.15, 0.2) is 0 Å². The normalized spacial score (nSPS) is 14.5. The molecule has 0 aliphatic rings. The van der Waals surface area contributed by atoms with E-state index in [4.69, 9.17) is 0 Å². The van der Waals surface area contributed by atoms with Gasteiger partial charge in [-0.2, -0.15) is 0 Å². The van der Waals surface area contributed by atoms with Gasteiger partial charge in [-0.15, -0.1) is 0 Å². The van der Waals surface area contributed by atoms with Gasteiger partial charge in [0.2, 0.25) is 0 Å². The molecule has 0 atom stereocenters. The summed E-state index contributed by atoms with van der Waals surface area (Å²) in [5.74, 6) is 0. The van der Waals surface area contributed by atoms with Gasteiger partial charge >= 0.3 is 0 Å². The summed E-state index contributed by atoms with van der Waals surface area (Å²) < 4.78 is 0. The topological polar surface area (TPSA) is 0 Å². The van der Waals surface area contributed by atoms with E-state index in [0.717, 1.165) is 6.42 Å². The smallest absolute Gasteiger partial charge is 0.0350 e. The van der Waals surface area contributed by atoms with Crippen LogP contribution in [-0.4, -0.2) is 0 Å². The molecule has 0 saturated heterocycles. The fourth-order valence-electron chi connectivity index (χ4n) is 1.77. The van der Waals surface area contributed by atoms with Crippen molar-refractivity contribution in [2.24, 2.45) is 0 Å². The highest BCUT2D eigenvalue weighted by atomic mass is 13.8. The number of hydrogen-bond acceptors (Lipinski definition) is 0. The van der Waals surface area contributed by atoms with E-state index >= 15 is 0 Å². The van der Waals surface area contributed by atoms with Crippen molar-refractivity contribution in [1.29, 1.82) is 0 Å². The number of hydrogen-bond donors (Lipinski definition) is 0. The summed E-state index contributed by atoms with van der Waals surface area (Å²) in [7, 11) is 0. The first-order valence-corrected chi connectivity index (χ1v) is 10.0. The molecule has 0 unspecified atom stereocenters. The Morgan fingerprint density at radius 3 is 0.862 bits per heavy atom. The molecule has 0 aliphatic heterocycles. The van der Waals surface area contributed by atoms with Crippen LogP contribution in [0.4, 0.5) is 0 Å². The Bertz CT molecular complexity index is 733. The minimum atomic E-state index is 1.14. The molecule has 0 radical (unpaired) electrons. The molecule has 0 amide bonds. The minimum absolute atomic E-state index is 1.14. The summed E-state index contributed by atoms with van der Waals surface area (Å²) >= 11 is 0. The number of rotatable bonds is 14. The highest BCUT2D eigenvalue weighted by molar-refractivity contribution is 5.23. The van der Waals surface area contributed by atoms with Crippen molar-refractivity contribution in [3.8, 4) is 0 Å². The van der Waals surface area contributed by atoms with Crippen molar-refractivity contribution in [3.05, 3.63) is 158 Å². The molecule has 0 heteroatoms. The van der Waals surface area contributed by atoms with Crippen LogP contribution in [0, 0.1) is 0 Å². The second-order valence-corrected chi connectivity index (χ2v) is 5.69. The first kappa shape index (κ1) is 25.6. The predicted octanol–water partition coefficient (Wildman–Crippen LogP) is 8.65. The minimum Gasteiger partial charge on any atom is -0.0991 e. The lowest BCUT2D eigenvalue weighted by molar-refractivity contribution is 0.959. The zero-order valence-corrected chi connectivity index (χ0v) is 17.6. The lowest BCUT2D eigenvalue weighted by Crippen LogP contribution is -1.58. The Balaban J connectivity index is 3.93. The zero-order valence-electron chi connectivity index (χ0n) is 17.6. The van der Waals surface area contributed by atoms with Crippen LogP contribution < -0.4 is 0 Å². The third kappa shape index (κ3) is 24.6. The quantitative estimate of drug-likeness (QED) is 0.264. The lowest BCUT2D eigenvalue weighted by atomic mass is 10.3. The van der Waals surface area contributed by atoms with Crippen molar-refractivity contribution in [3.63, 3.8) is 0 Å².